The Morgan fingerprint density at radius 2 is 2.23 bits per heavy atom. The maximum absolute atomic E-state index is 12.5. The first-order valence-corrected chi connectivity index (χ1v) is 10.1. The lowest BCUT2D eigenvalue weighted by Crippen LogP contribution is -2.39. The summed E-state index contributed by atoms with van der Waals surface area (Å²) in [5.41, 5.74) is 1.57. The first-order chi connectivity index (χ1) is 14.5. The van der Waals surface area contributed by atoms with Crippen LogP contribution in [-0.2, 0) is 11.2 Å². The molecule has 0 aliphatic carbocycles. The largest absolute Gasteiger partial charge is 0.483 e. The Kier molecular flexibility index (Phi) is 4.45. The SMILES string of the molecule is CC1(C)Cc2cccc(OCC(=O)N[C@H]3CCN(c4ccc5nncn5n4)C3)c2O1. The molecule has 3 aromatic rings. The van der Waals surface area contributed by atoms with Crippen molar-refractivity contribution in [3.63, 3.8) is 0 Å². The lowest BCUT2D eigenvalue weighted by Gasteiger charge is -2.19. The molecule has 2 aliphatic rings. The Morgan fingerprint density at radius 1 is 1.33 bits per heavy atom. The van der Waals surface area contributed by atoms with Crippen molar-refractivity contribution in [2.45, 2.75) is 38.3 Å². The second-order valence-corrected chi connectivity index (χ2v) is 8.40. The Bertz CT molecular complexity index is 1100. The van der Waals surface area contributed by atoms with Crippen molar-refractivity contribution in [3.8, 4) is 11.5 Å². The van der Waals surface area contributed by atoms with Crippen LogP contribution in [0.3, 0.4) is 0 Å². The highest BCUT2D eigenvalue weighted by molar-refractivity contribution is 5.78. The van der Waals surface area contributed by atoms with Crippen molar-refractivity contribution < 1.29 is 14.3 Å². The number of benzene rings is 1. The summed E-state index contributed by atoms with van der Waals surface area (Å²) in [5.74, 6) is 2.07. The van der Waals surface area contributed by atoms with E-state index >= 15 is 0 Å². The number of hydrogen-bond donors (Lipinski definition) is 1. The van der Waals surface area contributed by atoms with Gasteiger partial charge in [0.2, 0.25) is 0 Å². The number of para-hydroxylation sites is 1. The number of nitrogens with one attached hydrogen (secondary N) is 1. The normalized spacial score (nSPS) is 19.5. The molecule has 1 aromatic carbocycles. The molecule has 5 rings (SSSR count). The minimum atomic E-state index is -0.249. The molecule has 1 fully saturated rings. The summed E-state index contributed by atoms with van der Waals surface area (Å²) in [6.45, 7) is 5.57. The van der Waals surface area contributed by atoms with Gasteiger partial charge in [0.1, 0.15) is 17.7 Å². The zero-order chi connectivity index (χ0) is 20.7. The third-order valence-corrected chi connectivity index (χ3v) is 5.44. The molecule has 156 valence electrons. The van der Waals surface area contributed by atoms with Crippen molar-refractivity contribution in [1.82, 2.24) is 25.1 Å². The molecular formula is C21H24N6O3. The highest BCUT2D eigenvalue weighted by Crippen LogP contribution is 2.41. The van der Waals surface area contributed by atoms with Crippen molar-refractivity contribution in [2.24, 2.45) is 0 Å². The van der Waals surface area contributed by atoms with Gasteiger partial charge in [-0.1, -0.05) is 12.1 Å². The number of fused-ring (bicyclic) bond motifs is 2. The second-order valence-electron chi connectivity index (χ2n) is 8.40. The maximum atomic E-state index is 12.5. The highest BCUT2D eigenvalue weighted by atomic mass is 16.5. The number of carbonyl (C=O) groups is 1. The fraction of sp³-hybridized carbons (Fsp3) is 0.429. The van der Waals surface area contributed by atoms with E-state index in [4.69, 9.17) is 9.47 Å². The van der Waals surface area contributed by atoms with E-state index in [1.165, 1.54) is 0 Å². The molecule has 0 spiro atoms. The van der Waals surface area contributed by atoms with E-state index in [1.54, 1.807) is 10.8 Å². The van der Waals surface area contributed by atoms with Crippen LogP contribution >= 0.6 is 0 Å². The van der Waals surface area contributed by atoms with Crippen LogP contribution in [0.5, 0.6) is 11.5 Å². The van der Waals surface area contributed by atoms with Gasteiger partial charge >= 0.3 is 0 Å². The summed E-state index contributed by atoms with van der Waals surface area (Å²) in [5, 5.41) is 15.4. The standard InChI is InChI=1S/C21H24N6O3/c1-21(2)10-14-4-3-5-16(20(14)30-21)29-12-19(28)23-15-8-9-26(11-15)18-7-6-17-24-22-13-27(17)25-18/h3-7,13,15H,8-12H2,1-2H3,(H,23,28)/t15-/m0/s1. The van der Waals surface area contributed by atoms with Crippen molar-refractivity contribution >= 4 is 17.4 Å². The van der Waals surface area contributed by atoms with Gasteiger partial charge in [0.15, 0.2) is 23.8 Å². The van der Waals surface area contributed by atoms with E-state index in [-0.39, 0.29) is 24.2 Å². The average molecular weight is 408 g/mol. The van der Waals surface area contributed by atoms with Crippen LogP contribution in [0.15, 0.2) is 36.7 Å². The predicted octanol–water partition coefficient (Wildman–Crippen LogP) is 1.61. The molecule has 2 aliphatic heterocycles. The summed E-state index contributed by atoms with van der Waals surface area (Å²) in [4.78, 5) is 14.6. The summed E-state index contributed by atoms with van der Waals surface area (Å²) in [6.07, 6.45) is 3.26. The van der Waals surface area contributed by atoms with E-state index in [2.05, 4.69) is 25.5 Å². The molecule has 4 heterocycles. The quantitative estimate of drug-likeness (QED) is 0.685. The molecule has 1 N–H and O–H groups in total. The first-order valence-electron chi connectivity index (χ1n) is 10.1. The minimum absolute atomic E-state index is 0.0400. The van der Waals surface area contributed by atoms with Crippen molar-refractivity contribution in [3.05, 3.63) is 42.2 Å². The van der Waals surface area contributed by atoms with Crippen LogP contribution in [0.4, 0.5) is 5.82 Å². The van der Waals surface area contributed by atoms with Gasteiger partial charge in [-0.05, 0) is 38.5 Å². The number of ether oxygens (including phenoxy) is 2. The summed E-state index contributed by atoms with van der Waals surface area (Å²) >= 11 is 0. The van der Waals surface area contributed by atoms with Gasteiger partial charge in [0, 0.05) is 31.1 Å². The van der Waals surface area contributed by atoms with Gasteiger partial charge in [-0.2, -0.15) is 4.52 Å². The molecule has 9 nitrogen and oxygen atoms in total. The van der Waals surface area contributed by atoms with Gasteiger partial charge in [-0.3, -0.25) is 4.79 Å². The number of amides is 1. The van der Waals surface area contributed by atoms with E-state index in [0.29, 0.717) is 17.9 Å². The zero-order valence-electron chi connectivity index (χ0n) is 17.0. The number of carbonyl (C=O) groups excluding carboxylic acids is 1. The maximum Gasteiger partial charge on any atom is 0.258 e. The molecule has 30 heavy (non-hydrogen) atoms. The Morgan fingerprint density at radius 3 is 3.13 bits per heavy atom. The number of anilines is 1. The van der Waals surface area contributed by atoms with Crippen LogP contribution in [-0.4, -0.2) is 57.1 Å². The lowest BCUT2D eigenvalue weighted by molar-refractivity contribution is -0.123. The Labute approximate surface area is 174 Å². The van der Waals surface area contributed by atoms with Gasteiger partial charge in [0.25, 0.3) is 5.91 Å². The molecule has 0 radical (unpaired) electrons. The smallest absolute Gasteiger partial charge is 0.258 e. The van der Waals surface area contributed by atoms with Crippen LogP contribution < -0.4 is 19.7 Å². The van der Waals surface area contributed by atoms with Crippen LogP contribution in [0.1, 0.15) is 25.8 Å². The van der Waals surface area contributed by atoms with Gasteiger partial charge in [-0.25, -0.2) is 0 Å². The zero-order valence-corrected chi connectivity index (χ0v) is 17.0. The van der Waals surface area contributed by atoms with Gasteiger partial charge in [-0.15, -0.1) is 15.3 Å². The molecule has 9 heteroatoms. The molecule has 0 saturated carbocycles. The van der Waals surface area contributed by atoms with E-state index < -0.39 is 0 Å². The van der Waals surface area contributed by atoms with E-state index in [1.807, 2.05) is 44.2 Å². The Balaban J connectivity index is 1.16. The van der Waals surface area contributed by atoms with E-state index in [9.17, 15) is 4.79 Å². The molecule has 1 atom stereocenters. The lowest BCUT2D eigenvalue weighted by atomic mass is 10.0. The molecular weight excluding hydrogens is 384 g/mol. The summed E-state index contributed by atoms with van der Waals surface area (Å²) in [7, 11) is 0. The van der Waals surface area contributed by atoms with Gasteiger partial charge in [0.05, 0.1) is 0 Å². The second kappa shape index (κ2) is 7.16. The van der Waals surface area contributed by atoms with Crippen molar-refractivity contribution in [1.29, 1.82) is 0 Å². The van der Waals surface area contributed by atoms with Crippen LogP contribution in [0.25, 0.3) is 5.65 Å². The summed E-state index contributed by atoms with van der Waals surface area (Å²) < 4.78 is 13.4. The third-order valence-electron chi connectivity index (χ3n) is 5.44. The van der Waals surface area contributed by atoms with Crippen LogP contribution in [0, 0.1) is 0 Å². The van der Waals surface area contributed by atoms with Crippen molar-refractivity contribution in [2.75, 3.05) is 24.6 Å². The molecule has 0 unspecified atom stereocenters. The minimum Gasteiger partial charge on any atom is -0.483 e. The fourth-order valence-corrected chi connectivity index (χ4v) is 4.09. The van der Waals surface area contributed by atoms with Gasteiger partial charge < -0.3 is 19.7 Å². The fourth-order valence-electron chi connectivity index (χ4n) is 4.09. The Hall–Kier alpha value is -3.36. The number of aromatic nitrogens is 4. The number of nitrogens with zero attached hydrogens (tertiary/aromatic N) is 5. The molecule has 1 amide bonds. The topological polar surface area (TPSA) is 93.9 Å². The number of hydrogen-bond acceptors (Lipinski definition) is 7. The van der Waals surface area contributed by atoms with E-state index in [0.717, 1.165) is 36.5 Å². The molecule has 2 aromatic heterocycles. The molecule has 1 saturated heterocycles. The molecule has 0 bridgehead atoms. The highest BCUT2D eigenvalue weighted by Gasteiger charge is 2.32. The monoisotopic (exact) mass is 408 g/mol. The summed E-state index contributed by atoms with van der Waals surface area (Å²) in [6, 6.07) is 9.68. The third kappa shape index (κ3) is 3.62. The van der Waals surface area contributed by atoms with Crippen LogP contribution in [0.2, 0.25) is 0 Å². The number of rotatable bonds is 5. The predicted molar refractivity (Wildman–Crippen MR) is 110 cm³/mol. The first kappa shape index (κ1) is 18.7. The average Bonchev–Trinajstić information content (AvgIpc) is 3.42.